The van der Waals surface area contributed by atoms with Crippen molar-refractivity contribution in [1.82, 2.24) is 4.90 Å². The van der Waals surface area contributed by atoms with Gasteiger partial charge >= 0.3 is 6.09 Å². The van der Waals surface area contributed by atoms with Crippen molar-refractivity contribution in [1.29, 1.82) is 0 Å². The zero-order valence-corrected chi connectivity index (χ0v) is 27.0. The number of phenolic OH excluding ortho intramolecular Hbond substituents is 1. The monoisotopic (exact) mass is 664 g/mol. The summed E-state index contributed by atoms with van der Waals surface area (Å²) < 4.78 is 11.5. The molecule has 0 spiro atoms. The lowest BCUT2D eigenvalue weighted by atomic mass is 9.71. The number of aliphatic hydroxyl groups excluding tert-OH is 2. The molecule has 3 aromatic carbocycles. The number of aliphatic hydroxyl groups is 2. The van der Waals surface area contributed by atoms with Crippen molar-refractivity contribution in [3.8, 4) is 17.6 Å². The van der Waals surface area contributed by atoms with Crippen LogP contribution in [0.5, 0.6) is 5.75 Å². The number of thioether (sulfide) groups is 1. The first kappa shape index (κ1) is 32.7. The summed E-state index contributed by atoms with van der Waals surface area (Å²) in [4.78, 5) is 43.2. The number of carbonyl (C=O) groups excluding carboxylic acids is 3. The molecule has 10 nitrogen and oxygen atoms in total. The number of ketones is 2. The number of phenols is 1. The van der Waals surface area contributed by atoms with Gasteiger partial charge in [-0.1, -0.05) is 49.3 Å². The minimum absolute atomic E-state index is 0.0619. The topological polar surface area (TPSA) is 149 Å². The molecule has 0 aromatic heterocycles. The van der Waals surface area contributed by atoms with Crippen molar-refractivity contribution in [2.24, 2.45) is 0 Å². The summed E-state index contributed by atoms with van der Waals surface area (Å²) in [5, 5.41) is 36.1. The van der Waals surface area contributed by atoms with E-state index >= 15 is 0 Å². The number of anilines is 1. The van der Waals surface area contributed by atoms with E-state index < -0.39 is 52.5 Å². The molecule has 0 saturated carbocycles. The zero-order chi connectivity index (χ0) is 34.4. The molecule has 3 aromatic rings. The second-order valence-electron chi connectivity index (χ2n) is 11.7. The number of hydrogen-bond donors (Lipinski definition) is 4. The van der Waals surface area contributed by atoms with E-state index in [9.17, 15) is 29.7 Å². The summed E-state index contributed by atoms with van der Waals surface area (Å²) in [5.74, 6) is 4.12. The van der Waals surface area contributed by atoms with Gasteiger partial charge in [-0.2, -0.15) is 0 Å². The van der Waals surface area contributed by atoms with E-state index in [0.29, 0.717) is 11.3 Å². The van der Waals surface area contributed by atoms with Crippen LogP contribution in [0.25, 0.3) is 0 Å². The van der Waals surface area contributed by atoms with Gasteiger partial charge in [0.05, 0.1) is 22.9 Å². The number of fused-ring (bicyclic) bond motifs is 6. The van der Waals surface area contributed by atoms with Gasteiger partial charge in [0.1, 0.15) is 24.2 Å². The molecule has 4 N–H and O–H groups in total. The summed E-state index contributed by atoms with van der Waals surface area (Å²) in [6, 6.07) is 14.7. The number of ether oxygens (including phenoxy) is 2. The number of rotatable bonds is 8. The Hall–Kier alpha value is -5.24. The lowest BCUT2D eigenvalue weighted by molar-refractivity contribution is 0.0868. The van der Waals surface area contributed by atoms with Gasteiger partial charge in [-0.3, -0.25) is 9.59 Å². The van der Waals surface area contributed by atoms with Crippen molar-refractivity contribution in [3.63, 3.8) is 0 Å². The molecule has 0 radical (unpaired) electrons. The van der Waals surface area contributed by atoms with Crippen molar-refractivity contribution < 1.29 is 39.2 Å². The second kappa shape index (κ2) is 12.4. The van der Waals surface area contributed by atoms with Crippen molar-refractivity contribution in [2.75, 3.05) is 24.7 Å². The second-order valence-corrected chi connectivity index (χ2v) is 12.8. The number of epoxide rings is 1. The van der Waals surface area contributed by atoms with E-state index in [1.54, 1.807) is 24.9 Å². The van der Waals surface area contributed by atoms with Crippen LogP contribution in [0.4, 0.5) is 10.5 Å². The molecule has 0 bridgehead atoms. The molecule has 11 heteroatoms. The van der Waals surface area contributed by atoms with Gasteiger partial charge in [0, 0.05) is 47.0 Å². The quantitative estimate of drug-likeness (QED) is 0.0382. The van der Waals surface area contributed by atoms with E-state index in [2.05, 4.69) is 36.0 Å². The molecule has 2 heterocycles. The molecule has 1 aliphatic carbocycles. The van der Waals surface area contributed by atoms with E-state index in [0.717, 1.165) is 4.90 Å². The number of hydrogen-bond acceptors (Lipinski definition) is 10. The van der Waals surface area contributed by atoms with Crippen LogP contribution in [0.3, 0.4) is 0 Å². The smallest absolute Gasteiger partial charge is 0.409 e. The van der Waals surface area contributed by atoms with Gasteiger partial charge in [0.15, 0.2) is 22.8 Å². The Balaban J connectivity index is 1.28. The molecular formula is C37H32N2O8S. The van der Waals surface area contributed by atoms with Gasteiger partial charge in [-0.25, -0.2) is 4.79 Å². The van der Waals surface area contributed by atoms with Gasteiger partial charge in [0.25, 0.3) is 0 Å². The summed E-state index contributed by atoms with van der Waals surface area (Å²) in [6.07, 6.45) is -0.366. The molecule has 0 unspecified atom stereocenters. The standard InChI is InChI=1S/C37H32N2O8S/c1-5-6-8-13-29-37(22(3)41)36(47-37,21(2)40)27-19-28(42)30-31(32(27)38-29)33(43)25-15-14-23(18-26(25)34(30)44)20-39(4)35(45)46-16-17-48-24-11-9-7-10-12-24/h6-7,9-12,14-15,18-19,22,29,38,40-42H,1-2,16-17,20H2,3-4H3/t22-,29+,36-,37+/m1/s1. The Kier molecular flexibility index (Phi) is 8.45. The molecule has 3 aliphatic rings. The number of benzene rings is 3. The average molecular weight is 665 g/mol. The minimum Gasteiger partial charge on any atom is -0.509 e. The van der Waals surface area contributed by atoms with E-state index in [4.69, 9.17) is 9.47 Å². The first-order valence-electron chi connectivity index (χ1n) is 15.0. The minimum atomic E-state index is -1.72. The van der Waals surface area contributed by atoms with Crippen LogP contribution in [-0.2, 0) is 21.6 Å². The number of amides is 1. The Labute approximate surface area is 281 Å². The van der Waals surface area contributed by atoms with E-state index in [-0.39, 0.29) is 46.7 Å². The first-order chi connectivity index (χ1) is 23.0. The maximum Gasteiger partial charge on any atom is 0.409 e. The van der Waals surface area contributed by atoms with Crippen LogP contribution in [-0.4, -0.2) is 75.0 Å². The number of nitrogens with one attached hydrogen (secondary N) is 1. The average Bonchev–Trinajstić information content (AvgIpc) is 3.80. The highest BCUT2D eigenvalue weighted by atomic mass is 32.2. The maximum atomic E-state index is 14.1. The zero-order valence-electron chi connectivity index (χ0n) is 26.2. The Morgan fingerprint density at radius 2 is 1.90 bits per heavy atom. The normalized spacial score (nSPS) is 21.8. The fourth-order valence-electron chi connectivity index (χ4n) is 6.54. The van der Waals surface area contributed by atoms with Crippen LogP contribution in [0.15, 0.2) is 90.2 Å². The van der Waals surface area contributed by atoms with Gasteiger partial charge < -0.3 is 35.0 Å². The number of carbonyl (C=O) groups is 3. The fourth-order valence-corrected chi connectivity index (χ4v) is 7.29. The van der Waals surface area contributed by atoms with Crippen LogP contribution < -0.4 is 5.32 Å². The molecule has 6 rings (SSSR count). The van der Waals surface area contributed by atoms with Crippen LogP contribution in [0.2, 0.25) is 0 Å². The highest BCUT2D eigenvalue weighted by Gasteiger charge is 2.81. The fraction of sp³-hybridized carbons (Fsp3) is 0.243. The van der Waals surface area contributed by atoms with Crippen LogP contribution in [0.1, 0.15) is 49.9 Å². The Bertz CT molecular complexity index is 1990. The lowest BCUT2D eigenvalue weighted by Crippen LogP contribution is -2.52. The molecule has 1 amide bonds. The van der Waals surface area contributed by atoms with Crippen molar-refractivity contribution >= 4 is 35.1 Å². The Morgan fingerprint density at radius 1 is 1.17 bits per heavy atom. The third-order valence-electron chi connectivity index (χ3n) is 8.74. The third-order valence-corrected chi connectivity index (χ3v) is 9.72. The summed E-state index contributed by atoms with van der Waals surface area (Å²) >= 11 is 1.57. The molecule has 1 saturated heterocycles. The Morgan fingerprint density at radius 3 is 2.58 bits per heavy atom. The number of nitrogens with zero attached hydrogens (tertiary/aromatic N) is 1. The molecule has 4 atom stereocenters. The van der Waals surface area contributed by atoms with Gasteiger partial charge in [0.2, 0.25) is 0 Å². The van der Waals surface area contributed by atoms with Gasteiger partial charge in [-0.05, 0) is 42.8 Å². The maximum absolute atomic E-state index is 14.1. The summed E-state index contributed by atoms with van der Waals surface area (Å²) in [7, 11) is 1.57. The highest BCUT2D eigenvalue weighted by molar-refractivity contribution is 7.99. The van der Waals surface area contributed by atoms with E-state index in [1.807, 2.05) is 30.3 Å². The van der Waals surface area contributed by atoms with Gasteiger partial charge in [-0.15, -0.1) is 17.5 Å². The first-order valence-corrected chi connectivity index (χ1v) is 16.0. The molecular weight excluding hydrogens is 632 g/mol. The third kappa shape index (κ3) is 5.07. The summed E-state index contributed by atoms with van der Waals surface area (Å²) in [5.41, 5.74) is -0.0792. The largest absolute Gasteiger partial charge is 0.509 e. The highest BCUT2D eigenvalue weighted by Crippen LogP contribution is 2.68. The summed E-state index contributed by atoms with van der Waals surface area (Å²) in [6.45, 7) is 8.95. The van der Waals surface area contributed by atoms with E-state index in [1.165, 1.54) is 36.1 Å². The van der Waals surface area contributed by atoms with Crippen molar-refractivity contribution in [3.05, 3.63) is 119 Å². The predicted molar refractivity (Wildman–Crippen MR) is 179 cm³/mol. The molecule has 48 heavy (non-hydrogen) atoms. The lowest BCUT2D eigenvalue weighted by Gasteiger charge is -2.36. The number of aromatic hydroxyl groups is 1. The van der Waals surface area contributed by atoms with Crippen LogP contribution >= 0.6 is 11.8 Å². The number of allylic oxidation sites excluding steroid dienone is 1. The van der Waals surface area contributed by atoms with Crippen LogP contribution in [0, 0.1) is 11.8 Å². The molecule has 244 valence electrons. The SMILES string of the molecule is C=C=CC#C[C@@H]1Nc2c(cc(O)c3c2C(=O)c2ccc(CN(C)C(=O)OCCSc4ccccc4)cc2C3=O)[C@@]2(C(=C)O)O[C@@]12[C@@H](C)O. The molecule has 1 fully saturated rings. The molecule has 2 aliphatic heterocycles. The van der Waals surface area contributed by atoms with Crippen molar-refractivity contribution in [2.45, 2.75) is 41.7 Å². The predicted octanol–water partition coefficient (Wildman–Crippen LogP) is 5.08.